The van der Waals surface area contributed by atoms with Gasteiger partial charge in [0.15, 0.2) is 12.4 Å². The van der Waals surface area contributed by atoms with E-state index in [2.05, 4.69) is 36.1 Å². The number of nitrogens with one attached hydrogen (secondary N) is 3. The number of anilines is 1. The summed E-state index contributed by atoms with van der Waals surface area (Å²) in [7, 11) is 0. The molecule has 1 amide bonds. The van der Waals surface area contributed by atoms with Crippen LogP contribution in [0.15, 0.2) is 53.3 Å². The van der Waals surface area contributed by atoms with Gasteiger partial charge in [-0.3, -0.25) is 9.59 Å². The van der Waals surface area contributed by atoms with Gasteiger partial charge in [-0.1, -0.05) is 51.5 Å². The number of para-hydroxylation sites is 1. The van der Waals surface area contributed by atoms with Gasteiger partial charge in [-0.2, -0.15) is 0 Å². The number of hydrogen-bond donors (Lipinski definition) is 3. The molecule has 1 unspecified atom stereocenters. The van der Waals surface area contributed by atoms with E-state index in [4.69, 9.17) is 0 Å². The molecule has 0 saturated heterocycles. The summed E-state index contributed by atoms with van der Waals surface area (Å²) < 4.78 is 0. The van der Waals surface area contributed by atoms with Crippen LogP contribution in [0.5, 0.6) is 0 Å². The zero-order valence-electron chi connectivity index (χ0n) is 18.0. The average Bonchev–Trinajstić information content (AvgIpc) is 2.72. The number of amides is 1. The van der Waals surface area contributed by atoms with E-state index in [9.17, 15) is 9.59 Å². The summed E-state index contributed by atoms with van der Waals surface area (Å²) in [4.78, 5) is 33.5. The lowest BCUT2D eigenvalue weighted by molar-refractivity contribution is -0.906. The number of quaternary nitrogens is 1. The van der Waals surface area contributed by atoms with Gasteiger partial charge in [0.1, 0.15) is 6.54 Å². The van der Waals surface area contributed by atoms with Crippen molar-refractivity contribution in [2.75, 3.05) is 18.4 Å². The zero-order valence-corrected chi connectivity index (χ0v) is 18.0. The quantitative estimate of drug-likeness (QED) is 0.510. The van der Waals surface area contributed by atoms with Gasteiger partial charge in [0.05, 0.1) is 17.4 Å². The first kappa shape index (κ1) is 21.7. The Morgan fingerprint density at radius 3 is 2.57 bits per heavy atom. The van der Waals surface area contributed by atoms with Crippen LogP contribution in [0.4, 0.5) is 5.69 Å². The number of unbranched alkanes of at least 4 members (excludes halogenated alkanes) is 1. The molecule has 0 fully saturated rings. The fourth-order valence-corrected chi connectivity index (χ4v) is 3.51. The summed E-state index contributed by atoms with van der Waals surface area (Å²) in [5.41, 5.74) is 2.59. The van der Waals surface area contributed by atoms with Gasteiger partial charge >= 0.3 is 0 Å². The van der Waals surface area contributed by atoms with Crippen molar-refractivity contribution in [2.45, 2.75) is 46.1 Å². The Balaban J connectivity index is 1.69. The molecule has 3 aromatic rings. The number of rotatable bonds is 9. The van der Waals surface area contributed by atoms with Crippen molar-refractivity contribution in [3.63, 3.8) is 0 Å². The maximum atomic E-state index is 12.7. The van der Waals surface area contributed by atoms with Crippen molar-refractivity contribution in [1.29, 1.82) is 0 Å². The first-order valence-corrected chi connectivity index (χ1v) is 10.7. The lowest BCUT2D eigenvalue weighted by Gasteiger charge is -2.18. The molecule has 30 heavy (non-hydrogen) atoms. The van der Waals surface area contributed by atoms with Crippen molar-refractivity contribution in [1.82, 2.24) is 9.97 Å². The molecule has 2 aromatic carbocycles. The van der Waals surface area contributed by atoms with E-state index in [1.807, 2.05) is 42.5 Å². The van der Waals surface area contributed by atoms with E-state index in [0.717, 1.165) is 30.0 Å². The molecule has 3 N–H and O–H groups in total. The number of H-pyrrole nitrogens is 1. The number of benzene rings is 2. The number of fused-ring (bicyclic) bond motifs is 1. The molecule has 1 atom stereocenters. The van der Waals surface area contributed by atoms with Crippen LogP contribution in [0.3, 0.4) is 0 Å². The third kappa shape index (κ3) is 5.76. The molecule has 0 aliphatic rings. The fraction of sp³-hybridized carbons (Fsp3) is 0.375. The number of aromatic amines is 1. The third-order valence-electron chi connectivity index (χ3n) is 5.23. The molecule has 0 saturated carbocycles. The van der Waals surface area contributed by atoms with Crippen molar-refractivity contribution in [2.24, 2.45) is 0 Å². The second-order valence-electron chi connectivity index (χ2n) is 8.06. The Kier molecular flexibility index (Phi) is 7.36. The zero-order chi connectivity index (χ0) is 21.5. The minimum absolute atomic E-state index is 0.0402. The van der Waals surface area contributed by atoms with E-state index >= 15 is 0 Å². The Hall–Kier alpha value is -2.99. The molecule has 1 heterocycles. The van der Waals surface area contributed by atoms with Crippen LogP contribution in [0.2, 0.25) is 0 Å². The molecule has 3 rings (SSSR count). The van der Waals surface area contributed by atoms with E-state index in [-0.39, 0.29) is 11.5 Å². The topological polar surface area (TPSA) is 79.3 Å². The average molecular weight is 408 g/mol. The van der Waals surface area contributed by atoms with Crippen LogP contribution < -0.4 is 15.8 Å². The summed E-state index contributed by atoms with van der Waals surface area (Å²) in [5.74, 6) is 1.03. The van der Waals surface area contributed by atoms with Crippen LogP contribution >= 0.6 is 0 Å². The van der Waals surface area contributed by atoms with E-state index in [1.165, 1.54) is 5.56 Å². The summed E-state index contributed by atoms with van der Waals surface area (Å²) in [6.07, 6.45) is 2.05. The molecule has 0 aliphatic carbocycles. The largest absolute Gasteiger partial charge is 0.321 e. The summed E-state index contributed by atoms with van der Waals surface area (Å²) >= 11 is 0. The lowest BCUT2D eigenvalue weighted by atomic mass is 10.0. The highest BCUT2D eigenvalue weighted by atomic mass is 16.2. The highest BCUT2D eigenvalue weighted by molar-refractivity contribution is 5.91. The third-order valence-corrected chi connectivity index (χ3v) is 5.23. The van der Waals surface area contributed by atoms with Gasteiger partial charge in [0.2, 0.25) is 0 Å². The molecule has 6 heteroatoms. The molecule has 0 aliphatic heterocycles. The van der Waals surface area contributed by atoms with Crippen LogP contribution in [-0.4, -0.2) is 29.0 Å². The van der Waals surface area contributed by atoms with Gasteiger partial charge in [-0.25, -0.2) is 4.98 Å². The maximum absolute atomic E-state index is 12.7. The Morgan fingerprint density at radius 1 is 1.13 bits per heavy atom. The molecule has 0 radical (unpaired) electrons. The van der Waals surface area contributed by atoms with Crippen molar-refractivity contribution in [3.05, 3.63) is 70.3 Å². The second-order valence-corrected chi connectivity index (χ2v) is 8.06. The molecule has 0 bridgehead atoms. The second kappa shape index (κ2) is 10.2. The fourth-order valence-electron chi connectivity index (χ4n) is 3.51. The summed E-state index contributed by atoms with van der Waals surface area (Å²) in [6.45, 7) is 8.08. The van der Waals surface area contributed by atoms with Crippen molar-refractivity contribution < 1.29 is 9.69 Å². The van der Waals surface area contributed by atoms with Crippen molar-refractivity contribution in [3.8, 4) is 0 Å². The van der Waals surface area contributed by atoms with Crippen LogP contribution in [0, 0.1) is 0 Å². The number of carbonyl (C=O) groups is 1. The van der Waals surface area contributed by atoms with E-state index in [0.29, 0.717) is 35.7 Å². The predicted molar refractivity (Wildman–Crippen MR) is 121 cm³/mol. The molecular weight excluding hydrogens is 376 g/mol. The highest BCUT2D eigenvalue weighted by Gasteiger charge is 2.17. The maximum Gasteiger partial charge on any atom is 0.279 e. The first-order valence-electron chi connectivity index (χ1n) is 10.7. The summed E-state index contributed by atoms with van der Waals surface area (Å²) in [6, 6.07) is 15.3. The Morgan fingerprint density at radius 2 is 1.87 bits per heavy atom. The smallest absolute Gasteiger partial charge is 0.279 e. The highest BCUT2D eigenvalue weighted by Crippen LogP contribution is 2.16. The molecular formula is C24H31N4O2+. The van der Waals surface area contributed by atoms with E-state index in [1.54, 1.807) is 6.07 Å². The van der Waals surface area contributed by atoms with Gasteiger partial charge in [-0.15, -0.1) is 0 Å². The number of carbonyl (C=O) groups excluding carboxylic acids is 1. The summed E-state index contributed by atoms with van der Waals surface area (Å²) in [5, 5.41) is 3.57. The minimum atomic E-state index is -0.139. The first-order chi connectivity index (χ1) is 14.5. The van der Waals surface area contributed by atoms with E-state index < -0.39 is 0 Å². The lowest BCUT2D eigenvalue weighted by Crippen LogP contribution is -3.12. The standard InChI is InChI=1S/C24H30N4O2/c1-4-5-14-28(15-22-26-21-9-7-6-8-20(21)24(30)27-22)16-23(29)25-19-12-10-18(11-13-19)17(2)3/h6-13,17H,4-5,14-16H2,1-3H3,(H,25,29)(H,26,27,30)/p+1. The molecule has 6 nitrogen and oxygen atoms in total. The van der Waals surface area contributed by atoms with Crippen LogP contribution in [-0.2, 0) is 11.3 Å². The number of hydrogen-bond acceptors (Lipinski definition) is 3. The molecule has 158 valence electrons. The van der Waals surface area contributed by atoms with Crippen molar-refractivity contribution >= 4 is 22.5 Å². The number of aromatic nitrogens is 2. The van der Waals surface area contributed by atoms with Crippen LogP contribution in [0.1, 0.15) is 50.9 Å². The SMILES string of the molecule is CCCC[NH+](CC(=O)Nc1ccc(C(C)C)cc1)Cc1nc2ccccc2c(=O)[nH]1. The monoisotopic (exact) mass is 407 g/mol. The normalized spacial score (nSPS) is 12.3. The van der Waals surface area contributed by atoms with Gasteiger partial charge in [-0.05, 0) is 42.2 Å². The van der Waals surface area contributed by atoms with Gasteiger partial charge in [0, 0.05) is 5.69 Å². The number of nitrogens with zero attached hydrogens (tertiary/aromatic N) is 1. The minimum Gasteiger partial charge on any atom is -0.321 e. The molecule has 0 spiro atoms. The Bertz CT molecular complexity index is 1040. The van der Waals surface area contributed by atoms with Crippen LogP contribution in [0.25, 0.3) is 10.9 Å². The molecule has 1 aromatic heterocycles. The Labute approximate surface area is 177 Å². The van der Waals surface area contributed by atoms with Gasteiger partial charge in [0.25, 0.3) is 11.5 Å². The van der Waals surface area contributed by atoms with Gasteiger partial charge < -0.3 is 15.2 Å². The predicted octanol–water partition coefficient (Wildman–Crippen LogP) is 2.87.